The Morgan fingerprint density at radius 2 is 2.05 bits per heavy atom. The first-order chi connectivity index (χ1) is 8.88. The molecule has 0 aromatic carbocycles. The predicted molar refractivity (Wildman–Crippen MR) is 64.5 cm³/mol. The smallest absolute Gasteiger partial charge is 0.366 e. The number of rotatable bonds is 3. The number of hydrogen-bond donors (Lipinski definition) is 1. The Morgan fingerprint density at radius 1 is 1.32 bits per heavy atom. The lowest BCUT2D eigenvalue weighted by Crippen LogP contribution is -2.10. The molecule has 0 unspecified atom stereocenters. The third kappa shape index (κ3) is 3.04. The summed E-state index contributed by atoms with van der Waals surface area (Å²) >= 11 is 0. The van der Waals surface area contributed by atoms with Crippen LogP contribution in [-0.4, -0.2) is 14.8 Å². The van der Waals surface area contributed by atoms with Crippen molar-refractivity contribution in [3.8, 4) is 0 Å². The van der Waals surface area contributed by atoms with Gasteiger partial charge in [0.05, 0.1) is 6.20 Å². The van der Waals surface area contributed by atoms with Crippen LogP contribution in [0.25, 0.3) is 0 Å². The van der Waals surface area contributed by atoms with Gasteiger partial charge in [-0.25, -0.2) is 4.98 Å². The first-order valence-corrected chi connectivity index (χ1v) is 5.63. The van der Waals surface area contributed by atoms with Crippen molar-refractivity contribution in [1.29, 1.82) is 0 Å². The van der Waals surface area contributed by atoms with Crippen LogP contribution >= 0.6 is 0 Å². The van der Waals surface area contributed by atoms with Gasteiger partial charge in [-0.2, -0.15) is 18.3 Å². The van der Waals surface area contributed by atoms with Gasteiger partial charge >= 0.3 is 6.18 Å². The summed E-state index contributed by atoms with van der Waals surface area (Å²) in [7, 11) is 1.81. The summed E-state index contributed by atoms with van der Waals surface area (Å²) < 4.78 is 39.2. The SMILES string of the molecule is Cc1c(CNc2cccc(C(F)(F)F)n2)cnn1C. The molecule has 1 N–H and O–H groups in total. The predicted octanol–water partition coefficient (Wildman–Crippen LogP) is 2.75. The summed E-state index contributed by atoms with van der Waals surface area (Å²) in [5.41, 5.74) is 0.974. The van der Waals surface area contributed by atoms with E-state index in [-0.39, 0.29) is 5.82 Å². The molecule has 102 valence electrons. The normalized spacial score (nSPS) is 11.6. The fraction of sp³-hybridized carbons (Fsp3) is 0.333. The summed E-state index contributed by atoms with van der Waals surface area (Å²) in [4.78, 5) is 3.53. The van der Waals surface area contributed by atoms with Crippen LogP contribution in [0.2, 0.25) is 0 Å². The zero-order valence-electron chi connectivity index (χ0n) is 10.5. The topological polar surface area (TPSA) is 42.7 Å². The fourth-order valence-corrected chi connectivity index (χ4v) is 1.59. The Balaban J connectivity index is 2.10. The molecule has 0 bridgehead atoms. The molecule has 19 heavy (non-hydrogen) atoms. The van der Waals surface area contributed by atoms with E-state index in [2.05, 4.69) is 15.4 Å². The van der Waals surface area contributed by atoms with E-state index in [1.807, 2.05) is 6.92 Å². The zero-order valence-corrected chi connectivity index (χ0v) is 10.5. The molecule has 0 radical (unpaired) electrons. The maximum Gasteiger partial charge on any atom is 0.433 e. The molecule has 2 rings (SSSR count). The summed E-state index contributed by atoms with van der Waals surface area (Å²) in [5.74, 6) is 0.193. The molecule has 2 aromatic rings. The van der Waals surface area contributed by atoms with E-state index in [0.29, 0.717) is 6.54 Å². The van der Waals surface area contributed by atoms with Gasteiger partial charge in [0, 0.05) is 24.8 Å². The van der Waals surface area contributed by atoms with Crippen molar-refractivity contribution in [3.05, 3.63) is 41.3 Å². The van der Waals surface area contributed by atoms with Gasteiger partial charge < -0.3 is 5.32 Å². The minimum absolute atomic E-state index is 0.193. The zero-order chi connectivity index (χ0) is 14.0. The van der Waals surface area contributed by atoms with Gasteiger partial charge in [0.2, 0.25) is 0 Å². The van der Waals surface area contributed by atoms with Gasteiger partial charge in [-0.3, -0.25) is 4.68 Å². The Labute approximate surface area is 108 Å². The maximum atomic E-state index is 12.5. The second-order valence-electron chi connectivity index (χ2n) is 4.14. The second-order valence-corrected chi connectivity index (χ2v) is 4.14. The molecular weight excluding hydrogens is 257 g/mol. The van der Waals surface area contributed by atoms with Crippen molar-refractivity contribution >= 4 is 5.82 Å². The van der Waals surface area contributed by atoms with Crippen LogP contribution in [0.3, 0.4) is 0 Å². The van der Waals surface area contributed by atoms with Crippen LogP contribution in [0.4, 0.5) is 19.0 Å². The van der Waals surface area contributed by atoms with E-state index in [1.165, 1.54) is 12.1 Å². The lowest BCUT2D eigenvalue weighted by molar-refractivity contribution is -0.141. The molecule has 4 nitrogen and oxygen atoms in total. The molecule has 0 fully saturated rings. The average Bonchev–Trinajstić information content (AvgIpc) is 2.67. The van der Waals surface area contributed by atoms with Crippen LogP contribution in [0.15, 0.2) is 24.4 Å². The standard InChI is InChI=1S/C12H13F3N4/c1-8-9(7-17-19(8)2)6-16-11-5-3-4-10(18-11)12(13,14)15/h3-5,7H,6H2,1-2H3,(H,16,18). The molecule has 0 spiro atoms. The van der Waals surface area contributed by atoms with Crippen molar-refractivity contribution in [1.82, 2.24) is 14.8 Å². The monoisotopic (exact) mass is 270 g/mol. The number of halogens is 3. The number of nitrogens with zero attached hydrogens (tertiary/aromatic N) is 3. The minimum atomic E-state index is -4.43. The van der Waals surface area contributed by atoms with Gasteiger partial charge in [0.15, 0.2) is 0 Å². The van der Waals surface area contributed by atoms with Gasteiger partial charge in [0.1, 0.15) is 11.5 Å². The van der Waals surface area contributed by atoms with Crippen LogP contribution in [-0.2, 0) is 19.8 Å². The van der Waals surface area contributed by atoms with E-state index in [1.54, 1.807) is 17.9 Å². The van der Waals surface area contributed by atoms with Crippen LogP contribution < -0.4 is 5.32 Å². The molecular formula is C12H13F3N4. The average molecular weight is 270 g/mol. The highest BCUT2D eigenvalue weighted by Gasteiger charge is 2.32. The second kappa shape index (κ2) is 4.91. The van der Waals surface area contributed by atoms with Crippen molar-refractivity contribution in [2.75, 3.05) is 5.32 Å². The van der Waals surface area contributed by atoms with Crippen molar-refractivity contribution in [3.63, 3.8) is 0 Å². The van der Waals surface area contributed by atoms with Crippen LogP contribution in [0, 0.1) is 6.92 Å². The van der Waals surface area contributed by atoms with E-state index in [9.17, 15) is 13.2 Å². The highest BCUT2D eigenvalue weighted by atomic mass is 19.4. The minimum Gasteiger partial charge on any atom is -0.366 e. The molecule has 2 heterocycles. The number of hydrogen-bond acceptors (Lipinski definition) is 3. The Morgan fingerprint density at radius 3 is 2.63 bits per heavy atom. The van der Waals surface area contributed by atoms with Gasteiger partial charge in [-0.15, -0.1) is 0 Å². The Hall–Kier alpha value is -2.05. The highest BCUT2D eigenvalue weighted by molar-refractivity contribution is 5.37. The van der Waals surface area contributed by atoms with E-state index in [4.69, 9.17) is 0 Å². The first kappa shape index (κ1) is 13.4. The molecule has 0 saturated carbocycles. The molecule has 0 atom stereocenters. The van der Waals surface area contributed by atoms with Crippen LogP contribution in [0.5, 0.6) is 0 Å². The summed E-state index contributed by atoms with van der Waals surface area (Å²) in [6.45, 7) is 2.28. The highest BCUT2D eigenvalue weighted by Crippen LogP contribution is 2.28. The lowest BCUT2D eigenvalue weighted by Gasteiger charge is -2.09. The third-order valence-corrected chi connectivity index (χ3v) is 2.84. The summed E-state index contributed by atoms with van der Waals surface area (Å²) in [6, 6.07) is 3.77. The lowest BCUT2D eigenvalue weighted by atomic mass is 10.2. The number of aromatic nitrogens is 3. The molecule has 0 aliphatic heterocycles. The van der Waals surface area contributed by atoms with E-state index < -0.39 is 11.9 Å². The molecule has 0 amide bonds. The molecule has 0 aliphatic carbocycles. The molecule has 2 aromatic heterocycles. The van der Waals surface area contributed by atoms with Crippen molar-refractivity contribution in [2.24, 2.45) is 7.05 Å². The molecule has 7 heteroatoms. The van der Waals surface area contributed by atoms with Crippen LogP contribution in [0.1, 0.15) is 17.0 Å². The Kier molecular flexibility index (Phi) is 3.46. The molecule has 0 aliphatic rings. The number of alkyl halides is 3. The van der Waals surface area contributed by atoms with Gasteiger partial charge in [-0.1, -0.05) is 6.07 Å². The van der Waals surface area contributed by atoms with E-state index in [0.717, 1.165) is 17.3 Å². The number of pyridine rings is 1. The van der Waals surface area contributed by atoms with Gasteiger partial charge in [0.25, 0.3) is 0 Å². The summed E-state index contributed by atoms with van der Waals surface area (Å²) in [5, 5.41) is 6.92. The third-order valence-electron chi connectivity index (χ3n) is 2.84. The largest absolute Gasteiger partial charge is 0.433 e. The number of nitrogens with one attached hydrogen (secondary N) is 1. The first-order valence-electron chi connectivity index (χ1n) is 5.63. The number of anilines is 1. The quantitative estimate of drug-likeness (QED) is 0.932. The fourth-order valence-electron chi connectivity index (χ4n) is 1.59. The Bertz CT molecular complexity index is 575. The van der Waals surface area contributed by atoms with Crippen molar-refractivity contribution < 1.29 is 13.2 Å². The van der Waals surface area contributed by atoms with E-state index >= 15 is 0 Å². The molecule has 0 saturated heterocycles. The van der Waals surface area contributed by atoms with Crippen molar-refractivity contribution in [2.45, 2.75) is 19.6 Å². The summed E-state index contributed by atoms with van der Waals surface area (Å²) in [6.07, 6.45) is -2.75. The maximum absolute atomic E-state index is 12.5. The van der Waals surface area contributed by atoms with Gasteiger partial charge in [-0.05, 0) is 19.1 Å². The number of aryl methyl sites for hydroxylation is 1.